The van der Waals surface area contributed by atoms with E-state index >= 15 is 0 Å². The van der Waals surface area contributed by atoms with E-state index < -0.39 is 6.10 Å². The van der Waals surface area contributed by atoms with Crippen molar-refractivity contribution in [1.82, 2.24) is 0 Å². The van der Waals surface area contributed by atoms with Gasteiger partial charge in [0.25, 0.3) is 0 Å². The Morgan fingerprint density at radius 2 is 1.87 bits per heavy atom. The highest BCUT2D eigenvalue weighted by atomic mass is 16.5. The number of unbranched alkanes of at least 4 members (excludes halogenated alkanes) is 4. The van der Waals surface area contributed by atoms with Gasteiger partial charge in [-0.2, -0.15) is 0 Å². The lowest BCUT2D eigenvalue weighted by Gasteiger charge is -2.07. The van der Waals surface area contributed by atoms with Crippen LogP contribution in [0.3, 0.4) is 0 Å². The molecule has 1 unspecified atom stereocenters. The highest BCUT2D eigenvalue weighted by molar-refractivity contribution is 5.69. The number of carbonyl (C=O) groups excluding carboxylic acids is 1. The topological polar surface area (TPSA) is 46.5 Å². The highest BCUT2D eigenvalue weighted by Crippen LogP contribution is 2.04. The molecule has 0 amide bonds. The fourth-order valence-electron chi connectivity index (χ4n) is 1.29. The van der Waals surface area contributed by atoms with Gasteiger partial charge in [0.15, 0.2) is 0 Å². The Morgan fingerprint density at radius 3 is 2.47 bits per heavy atom. The quantitative estimate of drug-likeness (QED) is 0.476. The summed E-state index contributed by atoms with van der Waals surface area (Å²) >= 11 is 0. The maximum absolute atomic E-state index is 11.1. The second-order valence-corrected chi connectivity index (χ2v) is 3.90. The first kappa shape index (κ1) is 14.4. The largest absolute Gasteiger partial charge is 0.466 e. The van der Waals surface area contributed by atoms with Gasteiger partial charge in [0.05, 0.1) is 19.1 Å². The van der Waals surface area contributed by atoms with Gasteiger partial charge in [-0.25, -0.2) is 0 Å². The van der Waals surface area contributed by atoms with E-state index in [9.17, 15) is 9.90 Å². The van der Waals surface area contributed by atoms with Gasteiger partial charge in [0.2, 0.25) is 0 Å². The first-order chi connectivity index (χ1) is 7.20. The van der Waals surface area contributed by atoms with Gasteiger partial charge in [0.1, 0.15) is 0 Å². The number of ether oxygens (including phenoxy) is 1. The van der Waals surface area contributed by atoms with Crippen LogP contribution in [-0.4, -0.2) is 23.8 Å². The Morgan fingerprint density at radius 1 is 1.20 bits per heavy atom. The standard InChI is InChI=1S/C12H24O3/c1-3-5-6-7-8-9-15-12(14)10-11(13)4-2/h11,13H,3-10H2,1-2H3. The van der Waals surface area contributed by atoms with Crippen molar-refractivity contribution in [1.29, 1.82) is 0 Å². The Labute approximate surface area is 92.8 Å². The third kappa shape index (κ3) is 9.73. The SMILES string of the molecule is CCCCCCCOC(=O)CC(O)CC. The van der Waals surface area contributed by atoms with E-state index in [1.54, 1.807) is 0 Å². The summed E-state index contributed by atoms with van der Waals surface area (Å²) in [6.07, 6.45) is 5.94. The molecule has 0 aliphatic rings. The fourth-order valence-corrected chi connectivity index (χ4v) is 1.29. The molecule has 0 heterocycles. The molecule has 0 aromatic carbocycles. The molecule has 0 bridgehead atoms. The molecular formula is C12H24O3. The second kappa shape index (κ2) is 9.97. The van der Waals surface area contributed by atoms with Crippen LogP contribution in [0.5, 0.6) is 0 Å². The van der Waals surface area contributed by atoms with Crippen molar-refractivity contribution in [2.75, 3.05) is 6.61 Å². The van der Waals surface area contributed by atoms with Crippen LogP contribution in [0.2, 0.25) is 0 Å². The van der Waals surface area contributed by atoms with E-state index in [0.717, 1.165) is 12.8 Å². The predicted octanol–water partition coefficient (Wildman–Crippen LogP) is 2.66. The summed E-state index contributed by atoms with van der Waals surface area (Å²) < 4.78 is 5.00. The van der Waals surface area contributed by atoms with Crippen LogP contribution in [0.4, 0.5) is 0 Å². The summed E-state index contributed by atoms with van der Waals surface area (Å²) in [4.78, 5) is 11.1. The van der Waals surface area contributed by atoms with Crippen molar-refractivity contribution in [2.24, 2.45) is 0 Å². The van der Waals surface area contributed by atoms with Gasteiger partial charge < -0.3 is 9.84 Å². The van der Waals surface area contributed by atoms with Crippen molar-refractivity contribution in [3.8, 4) is 0 Å². The number of carbonyl (C=O) groups is 1. The number of aliphatic hydroxyl groups excluding tert-OH is 1. The molecule has 0 saturated carbocycles. The third-order valence-electron chi connectivity index (χ3n) is 2.38. The molecule has 1 atom stereocenters. The molecule has 15 heavy (non-hydrogen) atoms. The molecule has 0 fully saturated rings. The van der Waals surface area contributed by atoms with Gasteiger partial charge >= 0.3 is 5.97 Å². The lowest BCUT2D eigenvalue weighted by atomic mass is 10.2. The van der Waals surface area contributed by atoms with Crippen molar-refractivity contribution in [3.05, 3.63) is 0 Å². The van der Waals surface area contributed by atoms with Crippen molar-refractivity contribution < 1.29 is 14.6 Å². The predicted molar refractivity (Wildman–Crippen MR) is 60.6 cm³/mol. The molecule has 0 aliphatic heterocycles. The molecule has 0 aromatic rings. The van der Waals surface area contributed by atoms with E-state index in [2.05, 4.69) is 6.92 Å². The third-order valence-corrected chi connectivity index (χ3v) is 2.38. The maximum Gasteiger partial charge on any atom is 0.308 e. The Hall–Kier alpha value is -0.570. The molecular weight excluding hydrogens is 192 g/mol. The monoisotopic (exact) mass is 216 g/mol. The average Bonchev–Trinajstić information content (AvgIpc) is 2.23. The molecule has 0 saturated heterocycles. The molecule has 90 valence electrons. The number of hydrogen-bond acceptors (Lipinski definition) is 3. The summed E-state index contributed by atoms with van der Waals surface area (Å²) in [6, 6.07) is 0. The van der Waals surface area contributed by atoms with E-state index in [4.69, 9.17) is 4.74 Å². The van der Waals surface area contributed by atoms with E-state index in [1.165, 1.54) is 19.3 Å². The van der Waals surface area contributed by atoms with E-state index in [1.807, 2.05) is 6.92 Å². The summed E-state index contributed by atoms with van der Waals surface area (Å²) in [6.45, 7) is 4.52. The Kier molecular flexibility index (Phi) is 9.59. The van der Waals surface area contributed by atoms with Gasteiger partial charge in [0, 0.05) is 0 Å². The zero-order valence-electron chi connectivity index (χ0n) is 10.00. The summed E-state index contributed by atoms with van der Waals surface area (Å²) in [7, 11) is 0. The van der Waals surface area contributed by atoms with Crippen LogP contribution in [-0.2, 0) is 9.53 Å². The number of aliphatic hydroxyl groups is 1. The summed E-state index contributed by atoms with van der Waals surface area (Å²) in [5, 5.41) is 9.20. The minimum atomic E-state index is -0.544. The van der Waals surface area contributed by atoms with Crippen molar-refractivity contribution in [3.63, 3.8) is 0 Å². The minimum absolute atomic E-state index is 0.130. The average molecular weight is 216 g/mol. The molecule has 0 rings (SSSR count). The molecule has 0 radical (unpaired) electrons. The van der Waals surface area contributed by atoms with E-state index in [0.29, 0.717) is 13.0 Å². The van der Waals surface area contributed by atoms with Gasteiger partial charge in [-0.1, -0.05) is 39.5 Å². The smallest absolute Gasteiger partial charge is 0.308 e. The van der Waals surface area contributed by atoms with Crippen LogP contribution < -0.4 is 0 Å². The number of esters is 1. The van der Waals surface area contributed by atoms with Crippen LogP contribution >= 0.6 is 0 Å². The highest BCUT2D eigenvalue weighted by Gasteiger charge is 2.09. The zero-order valence-corrected chi connectivity index (χ0v) is 10.00. The first-order valence-corrected chi connectivity index (χ1v) is 6.04. The summed E-state index contributed by atoms with van der Waals surface area (Å²) in [5.74, 6) is -0.278. The minimum Gasteiger partial charge on any atom is -0.466 e. The Bertz CT molecular complexity index is 157. The van der Waals surface area contributed by atoms with Gasteiger partial charge in [-0.15, -0.1) is 0 Å². The normalized spacial score (nSPS) is 12.5. The fraction of sp³-hybridized carbons (Fsp3) is 0.917. The molecule has 1 N–H and O–H groups in total. The van der Waals surface area contributed by atoms with Gasteiger partial charge in [-0.05, 0) is 12.8 Å². The van der Waals surface area contributed by atoms with Crippen LogP contribution in [0.1, 0.15) is 58.8 Å². The number of hydrogen-bond donors (Lipinski definition) is 1. The number of rotatable bonds is 9. The van der Waals surface area contributed by atoms with E-state index in [-0.39, 0.29) is 12.4 Å². The van der Waals surface area contributed by atoms with Gasteiger partial charge in [-0.3, -0.25) is 4.79 Å². The molecule has 0 aromatic heterocycles. The molecule has 0 aliphatic carbocycles. The second-order valence-electron chi connectivity index (χ2n) is 3.90. The summed E-state index contributed by atoms with van der Waals surface area (Å²) in [5.41, 5.74) is 0. The lowest BCUT2D eigenvalue weighted by Crippen LogP contribution is -2.15. The maximum atomic E-state index is 11.1. The van der Waals surface area contributed by atoms with Crippen molar-refractivity contribution >= 4 is 5.97 Å². The van der Waals surface area contributed by atoms with Crippen molar-refractivity contribution in [2.45, 2.75) is 64.9 Å². The van der Waals surface area contributed by atoms with Crippen LogP contribution in [0.25, 0.3) is 0 Å². The Balaban J connectivity index is 3.24. The first-order valence-electron chi connectivity index (χ1n) is 6.04. The molecule has 3 nitrogen and oxygen atoms in total. The van der Waals surface area contributed by atoms with Crippen LogP contribution in [0.15, 0.2) is 0 Å². The molecule has 3 heteroatoms. The van der Waals surface area contributed by atoms with Crippen LogP contribution in [0, 0.1) is 0 Å². The zero-order chi connectivity index (χ0) is 11.5. The lowest BCUT2D eigenvalue weighted by molar-refractivity contribution is -0.146. The molecule has 0 spiro atoms.